The Labute approximate surface area is 209 Å². The molecule has 1 aromatic rings. The van der Waals surface area contributed by atoms with Crippen LogP contribution in [0.5, 0.6) is 11.5 Å². The first-order valence-electron chi connectivity index (χ1n) is 11.7. The fraction of sp³-hybridized carbons (Fsp3) is 0.583. The highest BCUT2D eigenvalue weighted by Crippen LogP contribution is 2.31. The van der Waals surface area contributed by atoms with Crippen LogP contribution in [0.1, 0.15) is 58.9 Å². The van der Waals surface area contributed by atoms with E-state index in [0.717, 1.165) is 0 Å². The summed E-state index contributed by atoms with van der Waals surface area (Å²) >= 11 is 0. The SMILES string of the molecule is CCCOC(=O)Oc1ccc(CC(N)(C[C@H](C)OC(=O)OCCC)C(=O)O)cc1OC(=O)OCCC. The number of carboxylic acids is 1. The van der Waals surface area contributed by atoms with Crippen LogP contribution in [0, 0.1) is 0 Å². The Morgan fingerprint density at radius 2 is 1.36 bits per heavy atom. The van der Waals surface area contributed by atoms with Crippen molar-refractivity contribution in [3.8, 4) is 11.5 Å². The number of carboxylic acid groups (broad SMARTS) is 1. The van der Waals surface area contributed by atoms with Gasteiger partial charge in [0.05, 0.1) is 19.8 Å². The number of rotatable bonds is 14. The minimum atomic E-state index is -1.85. The van der Waals surface area contributed by atoms with Gasteiger partial charge in [-0.05, 0) is 43.9 Å². The quantitative estimate of drug-likeness (QED) is 0.207. The zero-order valence-electron chi connectivity index (χ0n) is 21.1. The molecule has 0 radical (unpaired) electrons. The lowest BCUT2D eigenvalue weighted by Crippen LogP contribution is -2.52. The topological polar surface area (TPSA) is 170 Å². The second kappa shape index (κ2) is 15.5. The maximum Gasteiger partial charge on any atom is 0.513 e. The molecule has 0 heterocycles. The van der Waals surface area contributed by atoms with Crippen molar-refractivity contribution in [3.63, 3.8) is 0 Å². The van der Waals surface area contributed by atoms with Crippen molar-refractivity contribution >= 4 is 24.4 Å². The molecule has 2 atom stereocenters. The third kappa shape index (κ3) is 10.8. The molecule has 0 aromatic heterocycles. The Morgan fingerprint density at radius 1 is 0.861 bits per heavy atom. The van der Waals surface area contributed by atoms with Crippen molar-refractivity contribution in [2.24, 2.45) is 5.73 Å². The van der Waals surface area contributed by atoms with E-state index in [0.29, 0.717) is 24.8 Å². The molecule has 202 valence electrons. The minimum absolute atomic E-state index is 0.108. The van der Waals surface area contributed by atoms with Crippen molar-refractivity contribution in [1.29, 1.82) is 0 Å². The summed E-state index contributed by atoms with van der Waals surface area (Å²) in [5.41, 5.74) is 4.66. The Morgan fingerprint density at radius 3 is 1.86 bits per heavy atom. The van der Waals surface area contributed by atoms with Gasteiger partial charge in [0.1, 0.15) is 11.6 Å². The van der Waals surface area contributed by atoms with E-state index >= 15 is 0 Å². The molecule has 36 heavy (non-hydrogen) atoms. The molecule has 0 fully saturated rings. The molecule has 0 aliphatic heterocycles. The Balaban J connectivity index is 3.11. The van der Waals surface area contributed by atoms with Crippen LogP contribution < -0.4 is 15.2 Å². The highest BCUT2D eigenvalue weighted by atomic mass is 16.7. The number of hydrogen-bond donors (Lipinski definition) is 2. The molecule has 12 heteroatoms. The van der Waals surface area contributed by atoms with Gasteiger partial charge in [-0.25, -0.2) is 14.4 Å². The van der Waals surface area contributed by atoms with Crippen LogP contribution in [-0.2, 0) is 30.2 Å². The number of ether oxygens (including phenoxy) is 6. The summed E-state index contributed by atoms with van der Waals surface area (Å²) in [5.74, 6) is -1.67. The van der Waals surface area contributed by atoms with E-state index < -0.39 is 36.1 Å². The smallest absolute Gasteiger partial charge is 0.480 e. The third-order valence-electron chi connectivity index (χ3n) is 4.56. The average Bonchev–Trinajstić information content (AvgIpc) is 2.81. The number of benzene rings is 1. The summed E-state index contributed by atoms with van der Waals surface area (Å²) in [7, 11) is 0. The Bertz CT molecular complexity index is 889. The summed E-state index contributed by atoms with van der Waals surface area (Å²) < 4.78 is 30.0. The molecule has 1 unspecified atom stereocenters. The van der Waals surface area contributed by atoms with Crippen LogP contribution in [0.4, 0.5) is 14.4 Å². The molecule has 0 saturated carbocycles. The fourth-order valence-corrected chi connectivity index (χ4v) is 2.97. The Hall–Kier alpha value is -3.54. The molecule has 1 rings (SSSR count). The second-order valence-electron chi connectivity index (χ2n) is 8.05. The first kappa shape index (κ1) is 30.5. The summed E-state index contributed by atoms with van der Waals surface area (Å²) in [4.78, 5) is 47.6. The van der Waals surface area contributed by atoms with Crippen LogP contribution >= 0.6 is 0 Å². The average molecular weight is 514 g/mol. The van der Waals surface area contributed by atoms with Gasteiger partial charge in [-0.15, -0.1) is 0 Å². The predicted molar refractivity (Wildman–Crippen MR) is 126 cm³/mol. The van der Waals surface area contributed by atoms with Crippen molar-refractivity contribution < 1.29 is 52.7 Å². The van der Waals surface area contributed by atoms with Gasteiger partial charge < -0.3 is 39.3 Å². The van der Waals surface area contributed by atoms with Gasteiger partial charge in [0, 0.05) is 12.8 Å². The van der Waals surface area contributed by atoms with E-state index in [1.54, 1.807) is 6.92 Å². The highest BCUT2D eigenvalue weighted by Gasteiger charge is 2.37. The lowest BCUT2D eigenvalue weighted by Gasteiger charge is -2.28. The first-order chi connectivity index (χ1) is 17.0. The number of carbonyl (C=O) groups is 4. The molecule has 12 nitrogen and oxygen atoms in total. The predicted octanol–water partition coefficient (Wildman–Crippen LogP) is 4.20. The highest BCUT2D eigenvalue weighted by molar-refractivity contribution is 5.79. The van der Waals surface area contributed by atoms with Crippen molar-refractivity contribution in [3.05, 3.63) is 23.8 Å². The molecule has 0 aliphatic carbocycles. The largest absolute Gasteiger partial charge is 0.513 e. The standard InChI is InChI=1S/C24H35NO11/c1-5-10-31-21(28)34-16(4)14-24(25,20(26)27)15-17-8-9-18(35-22(29)32-11-6-2)19(13-17)36-23(30)33-12-7-3/h8-9,13,16H,5-7,10-12,14-15,25H2,1-4H3,(H,26,27)/t16-,24?/m0/s1. The maximum atomic E-state index is 12.0. The van der Waals surface area contributed by atoms with Crippen molar-refractivity contribution in [2.45, 2.75) is 71.4 Å². The van der Waals surface area contributed by atoms with Crippen LogP contribution in [0.15, 0.2) is 18.2 Å². The summed E-state index contributed by atoms with van der Waals surface area (Å²) in [6.45, 7) is 7.33. The van der Waals surface area contributed by atoms with E-state index in [1.165, 1.54) is 25.1 Å². The number of aliphatic carboxylic acids is 1. The lowest BCUT2D eigenvalue weighted by atomic mass is 9.86. The van der Waals surface area contributed by atoms with Crippen LogP contribution in [0.25, 0.3) is 0 Å². The van der Waals surface area contributed by atoms with Crippen molar-refractivity contribution in [1.82, 2.24) is 0 Å². The van der Waals surface area contributed by atoms with E-state index in [2.05, 4.69) is 0 Å². The van der Waals surface area contributed by atoms with E-state index in [9.17, 15) is 24.3 Å². The molecule has 0 aliphatic rings. The molecule has 3 N–H and O–H groups in total. The minimum Gasteiger partial charge on any atom is -0.480 e. The van der Waals surface area contributed by atoms with Gasteiger partial charge in [-0.2, -0.15) is 0 Å². The van der Waals surface area contributed by atoms with Gasteiger partial charge in [0.15, 0.2) is 11.5 Å². The molecule has 0 amide bonds. The van der Waals surface area contributed by atoms with Gasteiger partial charge in [-0.3, -0.25) is 4.79 Å². The maximum absolute atomic E-state index is 12.0. The third-order valence-corrected chi connectivity index (χ3v) is 4.56. The van der Waals surface area contributed by atoms with Gasteiger partial charge >= 0.3 is 24.4 Å². The normalized spacial score (nSPS) is 13.0. The molecule has 0 spiro atoms. The lowest BCUT2D eigenvalue weighted by molar-refractivity contribution is -0.144. The monoisotopic (exact) mass is 513 g/mol. The molecule has 0 saturated heterocycles. The van der Waals surface area contributed by atoms with E-state index in [-0.39, 0.29) is 44.2 Å². The summed E-state index contributed by atoms with van der Waals surface area (Å²) in [5, 5.41) is 9.80. The zero-order valence-corrected chi connectivity index (χ0v) is 21.1. The molecular weight excluding hydrogens is 478 g/mol. The van der Waals surface area contributed by atoms with Crippen LogP contribution in [-0.4, -0.2) is 61.0 Å². The van der Waals surface area contributed by atoms with Gasteiger partial charge in [0.25, 0.3) is 0 Å². The number of nitrogens with two attached hydrogens (primary N) is 1. The number of hydrogen-bond acceptors (Lipinski definition) is 11. The van der Waals surface area contributed by atoms with E-state index in [4.69, 9.17) is 34.2 Å². The molecular formula is C24H35NO11. The van der Waals surface area contributed by atoms with Gasteiger partial charge in [-0.1, -0.05) is 26.8 Å². The second-order valence-corrected chi connectivity index (χ2v) is 8.05. The first-order valence-corrected chi connectivity index (χ1v) is 11.7. The van der Waals surface area contributed by atoms with E-state index in [1.807, 2.05) is 13.8 Å². The summed E-state index contributed by atoms with van der Waals surface area (Å²) in [6, 6.07) is 4.08. The zero-order chi connectivity index (χ0) is 27.1. The summed E-state index contributed by atoms with van der Waals surface area (Å²) in [6.07, 6.45) is -2.56. The molecule has 0 bridgehead atoms. The Kier molecular flexibility index (Phi) is 13.1. The number of carbonyl (C=O) groups excluding carboxylic acids is 3. The van der Waals surface area contributed by atoms with Gasteiger partial charge in [0.2, 0.25) is 0 Å². The van der Waals surface area contributed by atoms with Crippen LogP contribution in [0.2, 0.25) is 0 Å². The van der Waals surface area contributed by atoms with Crippen LogP contribution in [0.3, 0.4) is 0 Å². The van der Waals surface area contributed by atoms with Crippen molar-refractivity contribution in [2.75, 3.05) is 19.8 Å². The molecule has 1 aromatic carbocycles. The fourth-order valence-electron chi connectivity index (χ4n) is 2.97.